The molecule has 3 N–H and O–H groups in total. The second-order valence-corrected chi connectivity index (χ2v) is 1.46. The summed E-state index contributed by atoms with van der Waals surface area (Å²) in [5.74, 6) is 0. The number of rotatable bonds is 0. The zero-order chi connectivity index (χ0) is 3.54. The molecule has 0 aliphatic carbocycles. The van der Waals surface area contributed by atoms with E-state index in [0.717, 1.165) is 0 Å². The number of hydrogen-bond donors (Lipinski definition) is 1. The average molecular weight is 89.1 g/mol. The molecule has 0 amide bonds. The topological polar surface area (TPSA) is 43.5 Å². The van der Waals surface area contributed by atoms with E-state index in [1.807, 2.05) is 0 Å². The quantitative estimate of drug-likeness (QED) is 0.429. The molecule has 0 aromatic carbocycles. The predicted molar refractivity (Wildman–Crippen MR) is 25.7 cm³/mol. The molecule has 0 atom stereocenters. The van der Waals surface area contributed by atoms with E-state index in [1.165, 1.54) is 25.9 Å². The third kappa shape index (κ3) is 1.38. The second-order valence-electron chi connectivity index (χ2n) is 1.46. The van der Waals surface area contributed by atoms with Gasteiger partial charge in [-0.2, -0.15) is 0 Å². The van der Waals surface area contributed by atoms with E-state index in [1.54, 1.807) is 0 Å². The third-order valence-corrected chi connectivity index (χ3v) is 0.957. The van der Waals surface area contributed by atoms with Crippen molar-refractivity contribution >= 4 is 0 Å². The standard InChI is InChI=1S/C4H9N.H2O/c1-2-4-5-3-1;/h5H,1-4H2;1H2. The molecular formula is C4H11NO. The third-order valence-electron chi connectivity index (χ3n) is 0.957. The second kappa shape index (κ2) is 3.12. The summed E-state index contributed by atoms with van der Waals surface area (Å²) in [5, 5.41) is 3.22. The Morgan fingerprint density at radius 2 is 1.50 bits per heavy atom. The Hall–Kier alpha value is -0.0800. The first kappa shape index (κ1) is 5.92. The van der Waals surface area contributed by atoms with Crippen molar-refractivity contribution in [2.75, 3.05) is 13.1 Å². The van der Waals surface area contributed by atoms with Crippen LogP contribution in [-0.4, -0.2) is 18.6 Å². The molecule has 6 heavy (non-hydrogen) atoms. The van der Waals surface area contributed by atoms with Crippen molar-refractivity contribution in [2.45, 2.75) is 12.8 Å². The summed E-state index contributed by atoms with van der Waals surface area (Å²) in [6.07, 6.45) is 2.78. The monoisotopic (exact) mass is 89.1 g/mol. The van der Waals surface area contributed by atoms with Crippen LogP contribution in [0.2, 0.25) is 0 Å². The lowest BCUT2D eigenvalue weighted by atomic mass is 10.4. The van der Waals surface area contributed by atoms with Gasteiger partial charge in [-0.05, 0) is 25.9 Å². The van der Waals surface area contributed by atoms with Gasteiger partial charge in [0.1, 0.15) is 0 Å². The Kier molecular flexibility index (Phi) is 3.08. The summed E-state index contributed by atoms with van der Waals surface area (Å²) >= 11 is 0. The van der Waals surface area contributed by atoms with Crippen molar-refractivity contribution in [1.82, 2.24) is 5.32 Å². The van der Waals surface area contributed by atoms with Crippen LogP contribution in [0.1, 0.15) is 12.8 Å². The highest BCUT2D eigenvalue weighted by Crippen LogP contribution is 1.90. The highest BCUT2D eigenvalue weighted by atomic mass is 16.0. The van der Waals surface area contributed by atoms with Gasteiger partial charge in [0, 0.05) is 0 Å². The van der Waals surface area contributed by atoms with Crippen molar-refractivity contribution in [2.24, 2.45) is 0 Å². The van der Waals surface area contributed by atoms with Gasteiger partial charge in [0.05, 0.1) is 0 Å². The fourth-order valence-electron chi connectivity index (χ4n) is 0.625. The van der Waals surface area contributed by atoms with Gasteiger partial charge in [0.2, 0.25) is 0 Å². The minimum absolute atomic E-state index is 0. The van der Waals surface area contributed by atoms with Crippen LogP contribution in [0.5, 0.6) is 0 Å². The SMILES string of the molecule is C1CCNC1.O. The highest BCUT2D eigenvalue weighted by Gasteiger charge is 1.93. The fraction of sp³-hybridized carbons (Fsp3) is 1.00. The minimum atomic E-state index is 0. The number of hydrogen-bond acceptors (Lipinski definition) is 1. The molecule has 0 bridgehead atoms. The van der Waals surface area contributed by atoms with Crippen LogP contribution in [0, 0.1) is 0 Å². The molecule has 1 saturated heterocycles. The Bertz CT molecular complexity index is 19.1. The van der Waals surface area contributed by atoms with Gasteiger partial charge in [0.25, 0.3) is 0 Å². The molecule has 1 aliphatic heterocycles. The van der Waals surface area contributed by atoms with E-state index >= 15 is 0 Å². The van der Waals surface area contributed by atoms with Gasteiger partial charge in [-0.15, -0.1) is 0 Å². The Labute approximate surface area is 37.9 Å². The van der Waals surface area contributed by atoms with Crippen LogP contribution in [-0.2, 0) is 0 Å². The molecule has 0 spiro atoms. The van der Waals surface area contributed by atoms with Gasteiger partial charge < -0.3 is 10.8 Å². The molecule has 2 nitrogen and oxygen atoms in total. The molecule has 0 aromatic rings. The van der Waals surface area contributed by atoms with Gasteiger partial charge in [-0.25, -0.2) is 0 Å². The summed E-state index contributed by atoms with van der Waals surface area (Å²) < 4.78 is 0. The molecule has 1 rings (SSSR count). The smallest absolute Gasteiger partial charge is 0.00484 e. The molecule has 1 fully saturated rings. The first-order valence-electron chi connectivity index (χ1n) is 2.21. The lowest BCUT2D eigenvalue weighted by molar-refractivity contribution is 0.824. The fourth-order valence-corrected chi connectivity index (χ4v) is 0.625. The molecule has 0 radical (unpaired) electrons. The van der Waals surface area contributed by atoms with E-state index in [4.69, 9.17) is 0 Å². The zero-order valence-corrected chi connectivity index (χ0v) is 3.83. The first-order valence-corrected chi connectivity index (χ1v) is 2.21. The molecule has 1 aliphatic rings. The van der Waals surface area contributed by atoms with Crippen molar-refractivity contribution in [3.8, 4) is 0 Å². The van der Waals surface area contributed by atoms with Crippen molar-refractivity contribution in [3.05, 3.63) is 0 Å². The Morgan fingerprint density at radius 1 is 1.00 bits per heavy atom. The minimum Gasteiger partial charge on any atom is -0.412 e. The van der Waals surface area contributed by atoms with Crippen LogP contribution in [0.15, 0.2) is 0 Å². The summed E-state index contributed by atoms with van der Waals surface area (Å²) in [4.78, 5) is 0. The molecule has 0 saturated carbocycles. The zero-order valence-electron chi connectivity index (χ0n) is 3.83. The largest absolute Gasteiger partial charge is 0.412 e. The van der Waals surface area contributed by atoms with Crippen LogP contribution in [0.4, 0.5) is 0 Å². The van der Waals surface area contributed by atoms with Crippen molar-refractivity contribution in [1.29, 1.82) is 0 Å². The average Bonchev–Trinajstić information content (AvgIpc) is 1.76. The van der Waals surface area contributed by atoms with Gasteiger partial charge in [0.15, 0.2) is 0 Å². The highest BCUT2D eigenvalue weighted by molar-refractivity contribution is 4.55. The maximum absolute atomic E-state index is 3.22. The molecule has 1 heterocycles. The lowest BCUT2D eigenvalue weighted by Gasteiger charge is -1.76. The Morgan fingerprint density at radius 3 is 1.67 bits per heavy atom. The normalized spacial score (nSPS) is 20.0. The van der Waals surface area contributed by atoms with Crippen molar-refractivity contribution in [3.63, 3.8) is 0 Å². The van der Waals surface area contributed by atoms with Crippen LogP contribution >= 0.6 is 0 Å². The lowest BCUT2D eigenvalue weighted by Crippen LogP contribution is -2.03. The van der Waals surface area contributed by atoms with E-state index in [-0.39, 0.29) is 5.48 Å². The van der Waals surface area contributed by atoms with Crippen LogP contribution in [0.25, 0.3) is 0 Å². The van der Waals surface area contributed by atoms with Gasteiger partial charge >= 0.3 is 0 Å². The number of nitrogens with one attached hydrogen (secondary N) is 1. The molecule has 0 unspecified atom stereocenters. The summed E-state index contributed by atoms with van der Waals surface area (Å²) in [6.45, 7) is 2.50. The Balaban J connectivity index is 0.000000250. The maximum Gasteiger partial charge on any atom is -0.00484 e. The predicted octanol–water partition coefficient (Wildman–Crippen LogP) is -0.455. The summed E-state index contributed by atoms with van der Waals surface area (Å²) in [6, 6.07) is 0. The molecular weight excluding hydrogens is 78.0 g/mol. The van der Waals surface area contributed by atoms with E-state index < -0.39 is 0 Å². The van der Waals surface area contributed by atoms with Crippen LogP contribution in [0.3, 0.4) is 0 Å². The van der Waals surface area contributed by atoms with Crippen LogP contribution < -0.4 is 5.32 Å². The molecule has 38 valence electrons. The van der Waals surface area contributed by atoms with E-state index in [2.05, 4.69) is 5.32 Å². The maximum atomic E-state index is 3.22. The molecule has 0 aromatic heterocycles. The van der Waals surface area contributed by atoms with E-state index in [0.29, 0.717) is 0 Å². The van der Waals surface area contributed by atoms with Gasteiger partial charge in [-0.1, -0.05) is 0 Å². The molecule has 2 heteroatoms. The first-order chi connectivity index (χ1) is 2.50. The van der Waals surface area contributed by atoms with Gasteiger partial charge in [-0.3, -0.25) is 0 Å². The van der Waals surface area contributed by atoms with E-state index in [9.17, 15) is 0 Å². The van der Waals surface area contributed by atoms with Crippen molar-refractivity contribution < 1.29 is 5.48 Å². The summed E-state index contributed by atoms with van der Waals surface area (Å²) in [7, 11) is 0. The summed E-state index contributed by atoms with van der Waals surface area (Å²) in [5.41, 5.74) is 0.